The molecule has 0 aliphatic carbocycles. The van der Waals surface area contributed by atoms with Crippen molar-refractivity contribution in [3.63, 3.8) is 0 Å². The first-order valence-corrected chi connectivity index (χ1v) is 7.16. The van der Waals surface area contributed by atoms with Gasteiger partial charge in [0, 0.05) is 12.8 Å². The fourth-order valence-electron chi connectivity index (χ4n) is 2.41. The molecular formula is C16H22O5. The van der Waals surface area contributed by atoms with Gasteiger partial charge in [-0.05, 0) is 5.56 Å². The number of ether oxygens (including phenoxy) is 3. The molecule has 1 heterocycles. The molecule has 5 heteroatoms. The Morgan fingerprint density at radius 3 is 2.76 bits per heavy atom. The van der Waals surface area contributed by atoms with E-state index < -0.39 is 24.3 Å². The van der Waals surface area contributed by atoms with Crippen LogP contribution in [0, 0.1) is 5.92 Å². The molecular weight excluding hydrogens is 272 g/mol. The number of carbonyl (C=O) groups excluding carboxylic acids is 1. The second kappa shape index (κ2) is 7.54. The number of aliphatic hydroxyl groups excluding tert-OH is 1. The predicted molar refractivity (Wildman–Crippen MR) is 76.6 cm³/mol. The second-order valence-electron chi connectivity index (χ2n) is 5.41. The van der Waals surface area contributed by atoms with Crippen LogP contribution in [0.25, 0.3) is 0 Å². The van der Waals surface area contributed by atoms with Crippen LogP contribution in [0.5, 0.6) is 0 Å². The molecule has 1 fully saturated rings. The molecule has 116 valence electrons. The molecule has 0 aromatic heterocycles. The summed E-state index contributed by atoms with van der Waals surface area (Å²) in [5.74, 6) is -0.425. The van der Waals surface area contributed by atoms with E-state index in [1.54, 1.807) is 0 Å². The largest absolute Gasteiger partial charge is 0.459 e. The molecule has 0 amide bonds. The highest BCUT2D eigenvalue weighted by Gasteiger charge is 2.39. The van der Waals surface area contributed by atoms with Crippen molar-refractivity contribution >= 4 is 5.97 Å². The monoisotopic (exact) mass is 294 g/mol. The molecule has 4 atom stereocenters. The van der Waals surface area contributed by atoms with E-state index in [9.17, 15) is 9.90 Å². The third-order valence-electron chi connectivity index (χ3n) is 3.55. The number of carbonyl (C=O) groups is 1. The van der Waals surface area contributed by atoms with Crippen molar-refractivity contribution in [3.8, 4) is 0 Å². The number of hydrogen-bond acceptors (Lipinski definition) is 5. The molecule has 1 aromatic rings. The Balaban J connectivity index is 1.84. The summed E-state index contributed by atoms with van der Waals surface area (Å²) in [5.41, 5.74) is 1.06. The third kappa shape index (κ3) is 4.52. The van der Waals surface area contributed by atoms with Crippen molar-refractivity contribution in [2.75, 3.05) is 13.2 Å². The fourth-order valence-corrected chi connectivity index (χ4v) is 2.41. The van der Waals surface area contributed by atoms with Gasteiger partial charge >= 0.3 is 5.97 Å². The smallest absolute Gasteiger partial charge is 0.303 e. The molecule has 1 aromatic carbocycles. The zero-order valence-electron chi connectivity index (χ0n) is 12.4. The van der Waals surface area contributed by atoms with Gasteiger partial charge in [0.1, 0.15) is 18.3 Å². The molecule has 21 heavy (non-hydrogen) atoms. The summed E-state index contributed by atoms with van der Waals surface area (Å²) >= 11 is 0. The molecule has 5 nitrogen and oxygen atoms in total. The lowest BCUT2D eigenvalue weighted by Gasteiger charge is -2.38. The van der Waals surface area contributed by atoms with Gasteiger partial charge in [0.15, 0.2) is 0 Å². The predicted octanol–water partition coefficient (Wildman–Crippen LogP) is 1.53. The van der Waals surface area contributed by atoms with Gasteiger partial charge in [-0.15, -0.1) is 0 Å². The molecule has 1 saturated heterocycles. The highest BCUT2D eigenvalue weighted by molar-refractivity contribution is 5.66. The average molecular weight is 294 g/mol. The zero-order chi connectivity index (χ0) is 15.2. The van der Waals surface area contributed by atoms with Crippen LogP contribution in [0.3, 0.4) is 0 Å². The Bertz CT molecular complexity index is 447. The number of benzene rings is 1. The van der Waals surface area contributed by atoms with E-state index in [0.29, 0.717) is 13.2 Å². The van der Waals surface area contributed by atoms with Gasteiger partial charge in [-0.3, -0.25) is 4.79 Å². The minimum atomic E-state index is -0.867. The Morgan fingerprint density at radius 1 is 1.38 bits per heavy atom. The van der Waals surface area contributed by atoms with Crippen molar-refractivity contribution in [1.82, 2.24) is 0 Å². The van der Waals surface area contributed by atoms with E-state index in [0.717, 1.165) is 5.56 Å². The fraction of sp³-hybridized carbons (Fsp3) is 0.562. The second-order valence-corrected chi connectivity index (χ2v) is 5.41. The van der Waals surface area contributed by atoms with Crippen LogP contribution in [0.1, 0.15) is 19.4 Å². The standard InChI is InChI=1S/C16H22O5/c1-11-8-20-14(15(18)16(11)21-12(2)17)10-19-9-13-6-4-3-5-7-13/h3-7,11,14-16,18H,8-10H2,1-2H3/t11?,14?,15-,16-/m1/s1. The van der Waals surface area contributed by atoms with Gasteiger partial charge in [-0.2, -0.15) is 0 Å². The van der Waals surface area contributed by atoms with Crippen LogP contribution in [0.4, 0.5) is 0 Å². The van der Waals surface area contributed by atoms with E-state index in [1.807, 2.05) is 37.3 Å². The van der Waals surface area contributed by atoms with E-state index in [2.05, 4.69) is 0 Å². The summed E-state index contributed by atoms with van der Waals surface area (Å²) in [6, 6.07) is 9.79. The maximum atomic E-state index is 11.1. The molecule has 1 N–H and O–H groups in total. The van der Waals surface area contributed by atoms with Crippen LogP contribution in [0.2, 0.25) is 0 Å². The summed E-state index contributed by atoms with van der Waals surface area (Å²) in [7, 11) is 0. The molecule has 0 saturated carbocycles. The van der Waals surface area contributed by atoms with Gasteiger partial charge in [-0.1, -0.05) is 37.3 Å². The van der Waals surface area contributed by atoms with Gasteiger partial charge in [0.05, 0.1) is 19.8 Å². The van der Waals surface area contributed by atoms with E-state index in [1.165, 1.54) is 6.92 Å². The quantitative estimate of drug-likeness (QED) is 0.834. The first-order valence-electron chi connectivity index (χ1n) is 7.16. The van der Waals surface area contributed by atoms with E-state index in [-0.39, 0.29) is 12.5 Å². The van der Waals surface area contributed by atoms with Gasteiger partial charge < -0.3 is 19.3 Å². The molecule has 1 aliphatic rings. The summed E-state index contributed by atoms with van der Waals surface area (Å²) in [4.78, 5) is 11.1. The molecule has 2 rings (SSSR count). The molecule has 2 unspecified atom stereocenters. The van der Waals surface area contributed by atoms with E-state index in [4.69, 9.17) is 14.2 Å². The number of esters is 1. The first kappa shape index (κ1) is 15.9. The van der Waals surface area contributed by atoms with Crippen molar-refractivity contribution in [1.29, 1.82) is 0 Å². The normalized spacial score (nSPS) is 29.1. The average Bonchev–Trinajstić information content (AvgIpc) is 2.47. The molecule has 0 spiro atoms. The lowest BCUT2D eigenvalue weighted by Crippen LogP contribution is -2.52. The summed E-state index contributed by atoms with van der Waals surface area (Å²) in [6.45, 7) is 4.39. The van der Waals surface area contributed by atoms with Crippen LogP contribution in [-0.4, -0.2) is 42.6 Å². The highest BCUT2D eigenvalue weighted by Crippen LogP contribution is 2.23. The van der Waals surface area contributed by atoms with Gasteiger partial charge in [0.2, 0.25) is 0 Å². The third-order valence-corrected chi connectivity index (χ3v) is 3.55. The van der Waals surface area contributed by atoms with Gasteiger partial charge in [-0.25, -0.2) is 0 Å². The molecule has 0 radical (unpaired) electrons. The number of rotatable bonds is 5. The van der Waals surface area contributed by atoms with Crippen LogP contribution >= 0.6 is 0 Å². The highest BCUT2D eigenvalue weighted by atomic mass is 16.6. The molecule has 0 bridgehead atoms. The van der Waals surface area contributed by atoms with Crippen LogP contribution < -0.4 is 0 Å². The van der Waals surface area contributed by atoms with E-state index >= 15 is 0 Å². The van der Waals surface area contributed by atoms with Crippen molar-refractivity contribution < 1.29 is 24.1 Å². The van der Waals surface area contributed by atoms with Crippen molar-refractivity contribution in [3.05, 3.63) is 35.9 Å². The lowest BCUT2D eigenvalue weighted by atomic mass is 9.94. The van der Waals surface area contributed by atoms with Crippen LogP contribution in [0.15, 0.2) is 30.3 Å². The Morgan fingerprint density at radius 2 is 2.10 bits per heavy atom. The summed E-state index contributed by atoms with van der Waals surface area (Å²) in [5, 5.41) is 10.3. The Kier molecular flexibility index (Phi) is 5.73. The van der Waals surface area contributed by atoms with Crippen LogP contribution in [-0.2, 0) is 25.6 Å². The summed E-state index contributed by atoms with van der Waals surface area (Å²) in [6.07, 6.45) is -1.88. The SMILES string of the molecule is CC(=O)O[C@@H]1C(C)COC(COCc2ccccc2)[C@H]1O. The summed E-state index contributed by atoms with van der Waals surface area (Å²) < 4.78 is 16.4. The Hall–Kier alpha value is -1.43. The first-order chi connectivity index (χ1) is 10.1. The lowest BCUT2D eigenvalue weighted by molar-refractivity contribution is -0.198. The van der Waals surface area contributed by atoms with Gasteiger partial charge in [0.25, 0.3) is 0 Å². The number of hydrogen-bond donors (Lipinski definition) is 1. The van der Waals surface area contributed by atoms with Crippen molar-refractivity contribution in [2.45, 2.75) is 38.8 Å². The topological polar surface area (TPSA) is 65.0 Å². The Labute approximate surface area is 124 Å². The minimum Gasteiger partial charge on any atom is -0.459 e. The zero-order valence-corrected chi connectivity index (χ0v) is 12.4. The maximum Gasteiger partial charge on any atom is 0.303 e. The maximum absolute atomic E-state index is 11.1. The minimum absolute atomic E-state index is 0.0331. The number of aliphatic hydroxyl groups is 1. The van der Waals surface area contributed by atoms with Crippen molar-refractivity contribution in [2.24, 2.45) is 5.92 Å². The molecule has 1 aliphatic heterocycles.